The Hall–Kier alpha value is -1.29. The molecule has 1 atom stereocenters. The highest BCUT2D eigenvalue weighted by atomic mass is 16.1. The molecule has 1 aromatic heterocycles. The highest BCUT2D eigenvalue weighted by Gasteiger charge is 2.28. The van der Waals surface area contributed by atoms with Crippen LogP contribution in [0.5, 0.6) is 0 Å². The summed E-state index contributed by atoms with van der Waals surface area (Å²) >= 11 is 0. The van der Waals surface area contributed by atoms with Gasteiger partial charge in [0.1, 0.15) is 0 Å². The molecule has 0 bridgehead atoms. The number of carbonyl (C=O) groups excluding carboxylic acids is 1. The van der Waals surface area contributed by atoms with Crippen molar-refractivity contribution >= 4 is 5.91 Å². The minimum absolute atomic E-state index is 0.00361. The molecule has 1 heterocycles. The van der Waals surface area contributed by atoms with Crippen LogP contribution in [0, 0.1) is 19.8 Å². The number of nitrogens with zero attached hydrogens (tertiary/aromatic N) is 1. The average Bonchev–Trinajstić information content (AvgIpc) is 3.12. The van der Waals surface area contributed by atoms with E-state index >= 15 is 0 Å². The second-order valence-electron chi connectivity index (χ2n) is 5.96. The van der Waals surface area contributed by atoms with E-state index in [1.165, 1.54) is 12.8 Å². The molecule has 2 rings (SSSR count). The molecule has 0 radical (unpaired) electrons. The Morgan fingerprint density at radius 1 is 1.47 bits per heavy atom. The van der Waals surface area contributed by atoms with Gasteiger partial charge in [0.15, 0.2) is 0 Å². The Kier molecular flexibility index (Phi) is 3.99. The summed E-state index contributed by atoms with van der Waals surface area (Å²) in [6.07, 6.45) is 2.41. The Balaban J connectivity index is 2.04. The van der Waals surface area contributed by atoms with Crippen LogP contribution in [-0.4, -0.2) is 23.1 Å². The Morgan fingerprint density at radius 3 is 2.58 bits per heavy atom. The summed E-state index contributed by atoms with van der Waals surface area (Å²) in [6.45, 7) is 8.88. The summed E-state index contributed by atoms with van der Waals surface area (Å²) < 4.78 is 2.19. The molecule has 0 aliphatic heterocycles. The van der Waals surface area contributed by atoms with Crippen molar-refractivity contribution in [2.75, 3.05) is 6.54 Å². The minimum atomic E-state index is -0.00361. The third kappa shape index (κ3) is 3.00. The number of nitrogens with one attached hydrogen (secondary N) is 1. The number of nitrogens with two attached hydrogens (primary N) is 1. The van der Waals surface area contributed by atoms with Gasteiger partial charge in [-0.05, 0) is 52.5 Å². The highest BCUT2D eigenvalue weighted by molar-refractivity contribution is 5.95. The summed E-state index contributed by atoms with van der Waals surface area (Å²) in [6, 6.07) is 2.45. The van der Waals surface area contributed by atoms with Gasteiger partial charge in [-0.25, -0.2) is 0 Å². The summed E-state index contributed by atoms with van der Waals surface area (Å²) in [5.41, 5.74) is 8.94. The molecule has 19 heavy (non-hydrogen) atoms. The maximum absolute atomic E-state index is 12.2. The Morgan fingerprint density at radius 2 is 2.11 bits per heavy atom. The number of hydrogen-bond donors (Lipinski definition) is 2. The van der Waals surface area contributed by atoms with Crippen LogP contribution in [0.4, 0.5) is 0 Å². The molecule has 0 aromatic carbocycles. The third-order valence-corrected chi connectivity index (χ3v) is 3.97. The fourth-order valence-corrected chi connectivity index (χ4v) is 2.80. The quantitative estimate of drug-likeness (QED) is 0.855. The molecule has 106 valence electrons. The lowest BCUT2D eigenvalue weighted by Crippen LogP contribution is -2.38. The van der Waals surface area contributed by atoms with Crippen molar-refractivity contribution in [3.63, 3.8) is 0 Å². The first kappa shape index (κ1) is 14.1. The topological polar surface area (TPSA) is 60.1 Å². The van der Waals surface area contributed by atoms with E-state index in [4.69, 9.17) is 5.73 Å². The zero-order chi connectivity index (χ0) is 14.2. The van der Waals surface area contributed by atoms with Crippen LogP contribution >= 0.6 is 0 Å². The van der Waals surface area contributed by atoms with Crippen molar-refractivity contribution in [2.45, 2.75) is 52.6 Å². The lowest BCUT2D eigenvalue weighted by atomic mass is 10.2. The summed E-state index contributed by atoms with van der Waals surface area (Å²) in [7, 11) is 0. The van der Waals surface area contributed by atoms with Crippen LogP contribution in [0.1, 0.15) is 54.5 Å². The van der Waals surface area contributed by atoms with Crippen LogP contribution in [-0.2, 0) is 0 Å². The monoisotopic (exact) mass is 263 g/mol. The van der Waals surface area contributed by atoms with Crippen molar-refractivity contribution in [2.24, 2.45) is 11.7 Å². The zero-order valence-electron chi connectivity index (χ0n) is 12.4. The van der Waals surface area contributed by atoms with E-state index in [1.807, 2.05) is 19.9 Å². The molecule has 1 fully saturated rings. The van der Waals surface area contributed by atoms with E-state index in [1.54, 1.807) is 0 Å². The van der Waals surface area contributed by atoms with Crippen molar-refractivity contribution in [1.29, 1.82) is 0 Å². The van der Waals surface area contributed by atoms with Gasteiger partial charge >= 0.3 is 0 Å². The molecule has 1 saturated carbocycles. The molecule has 4 nitrogen and oxygen atoms in total. The van der Waals surface area contributed by atoms with Crippen LogP contribution in [0.25, 0.3) is 0 Å². The number of rotatable bonds is 5. The maximum atomic E-state index is 12.2. The zero-order valence-corrected chi connectivity index (χ0v) is 12.4. The number of aromatic nitrogens is 1. The molecule has 1 unspecified atom stereocenters. The van der Waals surface area contributed by atoms with Crippen molar-refractivity contribution < 1.29 is 4.79 Å². The number of carbonyl (C=O) groups is 1. The highest BCUT2D eigenvalue weighted by Crippen LogP contribution is 2.31. The predicted molar refractivity (Wildman–Crippen MR) is 77.3 cm³/mol. The van der Waals surface area contributed by atoms with E-state index in [0.29, 0.717) is 18.5 Å². The standard InChI is InChI=1S/C15H25N3O/c1-9(2)18-10(3)7-13(11(18)4)15(19)17-8-14(16)12-5-6-12/h7,9,12,14H,5-6,8,16H2,1-4H3,(H,17,19). The fraction of sp³-hybridized carbons (Fsp3) is 0.667. The molecule has 1 aromatic rings. The first-order chi connectivity index (χ1) is 8.91. The van der Waals surface area contributed by atoms with Gasteiger partial charge in [0.25, 0.3) is 5.91 Å². The largest absolute Gasteiger partial charge is 0.350 e. The molecular weight excluding hydrogens is 238 g/mol. The number of amides is 1. The van der Waals surface area contributed by atoms with Crippen molar-refractivity contribution in [1.82, 2.24) is 9.88 Å². The SMILES string of the molecule is Cc1cc(C(=O)NCC(N)C2CC2)c(C)n1C(C)C. The minimum Gasteiger partial charge on any atom is -0.350 e. The van der Waals surface area contributed by atoms with Crippen LogP contribution in [0.2, 0.25) is 0 Å². The van der Waals surface area contributed by atoms with E-state index < -0.39 is 0 Å². The lowest BCUT2D eigenvalue weighted by molar-refractivity contribution is 0.0949. The van der Waals surface area contributed by atoms with Gasteiger partial charge in [-0.2, -0.15) is 0 Å². The maximum Gasteiger partial charge on any atom is 0.253 e. The molecule has 0 spiro atoms. The third-order valence-electron chi connectivity index (χ3n) is 3.97. The fourth-order valence-electron chi connectivity index (χ4n) is 2.80. The van der Waals surface area contributed by atoms with E-state index in [2.05, 4.69) is 23.7 Å². The van der Waals surface area contributed by atoms with E-state index in [-0.39, 0.29) is 11.9 Å². The molecule has 3 N–H and O–H groups in total. The van der Waals surface area contributed by atoms with Crippen LogP contribution < -0.4 is 11.1 Å². The summed E-state index contributed by atoms with van der Waals surface area (Å²) in [5.74, 6) is 0.611. The molecule has 4 heteroatoms. The molecule has 1 aliphatic carbocycles. The van der Waals surface area contributed by atoms with Gasteiger partial charge in [-0.3, -0.25) is 4.79 Å². The number of aryl methyl sites for hydroxylation is 1. The first-order valence-electron chi connectivity index (χ1n) is 7.14. The van der Waals surface area contributed by atoms with Gasteiger partial charge in [0, 0.05) is 30.0 Å². The average molecular weight is 263 g/mol. The van der Waals surface area contributed by atoms with E-state index in [0.717, 1.165) is 17.0 Å². The Bertz CT molecular complexity index is 472. The molecular formula is C15H25N3O. The summed E-state index contributed by atoms with van der Waals surface area (Å²) in [4.78, 5) is 12.2. The Labute approximate surface area is 115 Å². The van der Waals surface area contributed by atoms with Crippen molar-refractivity contribution in [3.8, 4) is 0 Å². The number of hydrogen-bond acceptors (Lipinski definition) is 2. The smallest absolute Gasteiger partial charge is 0.253 e. The second kappa shape index (κ2) is 5.37. The van der Waals surface area contributed by atoms with Gasteiger partial charge in [-0.1, -0.05) is 0 Å². The second-order valence-corrected chi connectivity index (χ2v) is 5.96. The van der Waals surface area contributed by atoms with Gasteiger partial charge in [0.05, 0.1) is 5.56 Å². The lowest BCUT2D eigenvalue weighted by Gasteiger charge is -2.14. The van der Waals surface area contributed by atoms with Gasteiger partial charge in [0.2, 0.25) is 0 Å². The molecule has 0 saturated heterocycles. The first-order valence-corrected chi connectivity index (χ1v) is 7.14. The summed E-state index contributed by atoms with van der Waals surface area (Å²) in [5, 5.41) is 2.96. The molecule has 1 aliphatic rings. The van der Waals surface area contributed by atoms with Crippen LogP contribution in [0.15, 0.2) is 6.07 Å². The van der Waals surface area contributed by atoms with Gasteiger partial charge in [-0.15, -0.1) is 0 Å². The predicted octanol–water partition coefficient (Wildman–Crippen LogP) is 2.15. The molecule has 1 amide bonds. The van der Waals surface area contributed by atoms with E-state index in [9.17, 15) is 4.79 Å². The van der Waals surface area contributed by atoms with Crippen LogP contribution in [0.3, 0.4) is 0 Å². The normalized spacial score (nSPS) is 16.7. The van der Waals surface area contributed by atoms with Crippen molar-refractivity contribution in [3.05, 3.63) is 23.0 Å². The van der Waals surface area contributed by atoms with Gasteiger partial charge < -0.3 is 15.6 Å².